The molecular formula is C3H4ClNO4. The number of carbonyl (C=O) groups is 2. The number of hydrogen-bond donors (Lipinski definition) is 2. The van der Waals surface area contributed by atoms with E-state index in [-0.39, 0.29) is 0 Å². The number of ether oxygens (including phenoxy) is 1. The van der Waals surface area contributed by atoms with E-state index in [0.717, 1.165) is 0 Å². The van der Waals surface area contributed by atoms with E-state index in [1.165, 1.54) is 0 Å². The van der Waals surface area contributed by atoms with Crippen LogP contribution in [0.15, 0.2) is 0 Å². The molecule has 3 N–H and O–H groups in total. The van der Waals surface area contributed by atoms with E-state index in [4.69, 9.17) is 16.7 Å². The summed E-state index contributed by atoms with van der Waals surface area (Å²) < 4.78 is 3.72. The topological polar surface area (TPSA) is 89.6 Å². The summed E-state index contributed by atoms with van der Waals surface area (Å²) in [4.78, 5) is 19.5. The second kappa shape index (κ2) is 3.13. The van der Waals surface area contributed by atoms with Crippen molar-refractivity contribution in [3.8, 4) is 0 Å². The van der Waals surface area contributed by atoms with Crippen molar-refractivity contribution in [2.24, 2.45) is 5.73 Å². The van der Waals surface area contributed by atoms with E-state index in [9.17, 15) is 9.59 Å². The average molecular weight is 154 g/mol. The van der Waals surface area contributed by atoms with Crippen LogP contribution in [-0.4, -0.2) is 22.7 Å². The van der Waals surface area contributed by atoms with Gasteiger partial charge in [0.15, 0.2) is 0 Å². The molecule has 0 aromatic rings. The number of hydrogen-bond acceptors (Lipinski definition) is 3. The number of halogens is 1. The van der Waals surface area contributed by atoms with Crippen molar-refractivity contribution in [1.82, 2.24) is 0 Å². The minimum atomic E-state index is -1.63. The second-order valence-electron chi connectivity index (χ2n) is 1.10. The lowest BCUT2D eigenvalue weighted by Crippen LogP contribution is -2.27. The molecule has 5 nitrogen and oxygen atoms in total. The van der Waals surface area contributed by atoms with Gasteiger partial charge in [0.1, 0.15) is 0 Å². The molecular weight excluding hydrogens is 149 g/mol. The lowest BCUT2D eigenvalue weighted by molar-refractivity contribution is -0.123. The van der Waals surface area contributed by atoms with Gasteiger partial charge >= 0.3 is 6.16 Å². The van der Waals surface area contributed by atoms with Gasteiger partial charge in [0, 0.05) is 0 Å². The highest BCUT2D eigenvalue weighted by Gasteiger charge is 2.14. The standard InChI is InChI=1S/C3H4ClNO4/c4-1(2(5)6)9-3(7)8/h1H,(H2,5,6)(H,7,8). The Balaban J connectivity index is 3.63. The molecule has 0 aromatic carbocycles. The first-order valence-electron chi connectivity index (χ1n) is 1.87. The zero-order chi connectivity index (χ0) is 7.44. The van der Waals surface area contributed by atoms with Gasteiger partial charge in [0.25, 0.3) is 11.5 Å². The molecule has 0 fully saturated rings. The van der Waals surface area contributed by atoms with Crippen molar-refractivity contribution >= 4 is 23.7 Å². The maximum absolute atomic E-state index is 9.94. The Morgan fingerprint density at radius 3 is 2.22 bits per heavy atom. The van der Waals surface area contributed by atoms with E-state index in [0.29, 0.717) is 0 Å². The fourth-order valence-electron chi connectivity index (χ4n) is 0.147. The van der Waals surface area contributed by atoms with Crippen molar-refractivity contribution in [2.45, 2.75) is 5.56 Å². The highest BCUT2D eigenvalue weighted by Crippen LogP contribution is 1.95. The molecule has 0 aromatic heterocycles. The van der Waals surface area contributed by atoms with Crippen LogP contribution in [0.1, 0.15) is 0 Å². The quantitative estimate of drug-likeness (QED) is 0.422. The molecule has 0 saturated carbocycles. The predicted molar refractivity (Wildman–Crippen MR) is 27.9 cm³/mol. The van der Waals surface area contributed by atoms with Crippen LogP contribution in [0, 0.1) is 0 Å². The Morgan fingerprint density at radius 1 is 1.67 bits per heavy atom. The fraction of sp³-hybridized carbons (Fsp3) is 0.333. The van der Waals surface area contributed by atoms with Gasteiger partial charge in [0.05, 0.1) is 0 Å². The molecule has 9 heavy (non-hydrogen) atoms. The number of carboxylic acid groups (broad SMARTS) is 1. The molecule has 1 amide bonds. The van der Waals surface area contributed by atoms with Crippen LogP contribution in [0.5, 0.6) is 0 Å². The molecule has 1 atom stereocenters. The molecule has 52 valence electrons. The third kappa shape index (κ3) is 3.60. The lowest BCUT2D eigenvalue weighted by Gasteiger charge is -2.01. The van der Waals surface area contributed by atoms with E-state index < -0.39 is 17.6 Å². The third-order valence-corrected chi connectivity index (χ3v) is 0.732. The normalized spacial score (nSPS) is 12.1. The summed E-state index contributed by atoms with van der Waals surface area (Å²) in [6, 6.07) is 0. The van der Waals surface area contributed by atoms with Crippen LogP contribution in [-0.2, 0) is 9.53 Å². The summed E-state index contributed by atoms with van der Waals surface area (Å²) in [6.07, 6.45) is -1.63. The van der Waals surface area contributed by atoms with E-state index >= 15 is 0 Å². The molecule has 0 aliphatic carbocycles. The molecule has 0 saturated heterocycles. The predicted octanol–water partition coefficient (Wildman–Crippen LogP) is -0.269. The summed E-state index contributed by atoms with van der Waals surface area (Å²) in [5.41, 5.74) is 2.93. The number of nitrogens with two attached hydrogens (primary N) is 1. The van der Waals surface area contributed by atoms with Gasteiger partial charge < -0.3 is 15.6 Å². The Morgan fingerprint density at radius 2 is 2.11 bits per heavy atom. The SMILES string of the molecule is NC(=O)C(Cl)OC(=O)O. The maximum atomic E-state index is 9.94. The number of rotatable bonds is 2. The smallest absolute Gasteiger partial charge is 0.450 e. The van der Waals surface area contributed by atoms with Gasteiger partial charge in [-0.3, -0.25) is 4.79 Å². The Hall–Kier alpha value is -0.970. The molecule has 1 unspecified atom stereocenters. The lowest BCUT2D eigenvalue weighted by atomic mass is 10.7. The number of alkyl halides is 1. The third-order valence-electron chi connectivity index (χ3n) is 0.428. The van der Waals surface area contributed by atoms with E-state index in [2.05, 4.69) is 10.5 Å². The highest BCUT2D eigenvalue weighted by atomic mass is 35.5. The molecule has 0 bridgehead atoms. The largest absolute Gasteiger partial charge is 0.507 e. The van der Waals surface area contributed by atoms with Crippen molar-refractivity contribution in [3.63, 3.8) is 0 Å². The Bertz CT molecular complexity index is 136. The summed E-state index contributed by atoms with van der Waals surface area (Å²) >= 11 is 4.93. The monoisotopic (exact) mass is 153 g/mol. The zero-order valence-electron chi connectivity index (χ0n) is 4.20. The van der Waals surface area contributed by atoms with E-state index in [1.54, 1.807) is 0 Å². The van der Waals surface area contributed by atoms with Gasteiger partial charge in [-0.2, -0.15) is 0 Å². The summed E-state index contributed by atoms with van der Waals surface area (Å²) in [7, 11) is 0. The van der Waals surface area contributed by atoms with Gasteiger partial charge in [-0.25, -0.2) is 4.79 Å². The molecule has 6 heteroatoms. The molecule has 0 aliphatic heterocycles. The van der Waals surface area contributed by atoms with Crippen LogP contribution in [0.3, 0.4) is 0 Å². The van der Waals surface area contributed by atoms with Crippen molar-refractivity contribution in [1.29, 1.82) is 0 Å². The molecule has 0 rings (SSSR count). The Kier molecular flexibility index (Phi) is 2.80. The van der Waals surface area contributed by atoms with E-state index in [1.807, 2.05) is 0 Å². The molecule has 0 aliphatic rings. The minimum absolute atomic E-state index is 1.03. The molecule has 0 heterocycles. The van der Waals surface area contributed by atoms with Crippen LogP contribution in [0.4, 0.5) is 4.79 Å². The molecule has 0 radical (unpaired) electrons. The maximum Gasteiger partial charge on any atom is 0.507 e. The summed E-state index contributed by atoms with van der Waals surface area (Å²) in [6.45, 7) is 0. The number of primary amides is 1. The average Bonchev–Trinajstić information content (AvgIpc) is 1.63. The minimum Gasteiger partial charge on any atom is -0.450 e. The Labute approximate surface area is 55.3 Å². The van der Waals surface area contributed by atoms with Gasteiger partial charge in [-0.15, -0.1) is 0 Å². The van der Waals surface area contributed by atoms with Crippen LogP contribution in [0.2, 0.25) is 0 Å². The van der Waals surface area contributed by atoms with Crippen LogP contribution >= 0.6 is 11.6 Å². The van der Waals surface area contributed by atoms with Crippen molar-refractivity contribution < 1.29 is 19.4 Å². The summed E-state index contributed by atoms with van der Waals surface area (Å²) in [5.74, 6) is -1.03. The first-order valence-corrected chi connectivity index (χ1v) is 2.30. The van der Waals surface area contributed by atoms with Crippen LogP contribution < -0.4 is 5.73 Å². The van der Waals surface area contributed by atoms with Gasteiger partial charge in [-0.05, 0) is 0 Å². The van der Waals surface area contributed by atoms with Crippen molar-refractivity contribution in [2.75, 3.05) is 0 Å². The summed E-state index contributed by atoms with van der Waals surface area (Å²) in [5, 5.41) is 7.82. The highest BCUT2D eigenvalue weighted by molar-refractivity contribution is 6.29. The first kappa shape index (κ1) is 8.03. The second-order valence-corrected chi connectivity index (χ2v) is 1.50. The van der Waals surface area contributed by atoms with Crippen LogP contribution in [0.25, 0.3) is 0 Å². The van der Waals surface area contributed by atoms with Gasteiger partial charge in [-0.1, -0.05) is 11.6 Å². The molecule has 0 spiro atoms. The van der Waals surface area contributed by atoms with Gasteiger partial charge in [0.2, 0.25) is 0 Å². The van der Waals surface area contributed by atoms with Crippen molar-refractivity contribution in [3.05, 3.63) is 0 Å². The number of carbonyl (C=O) groups excluding carboxylic acids is 1. The fourth-order valence-corrected chi connectivity index (χ4v) is 0.223. The zero-order valence-corrected chi connectivity index (χ0v) is 4.96. The number of amides is 1. The first-order chi connectivity index (χ1) is 4.04.